The van der Waals surface area contributed by atoms with E-state index in [2.05, 4.69) is 15.3 Å². The van der Waals surface area contributed by atoms with Crippen LogP contribution in [0, 0.1) is 0 Å². The summed E-state index contributed by atoms with van der Waals surface area (Å²) in [7, 11) is 1.66. The van der Waals surface area contributed by atoms with Crippen molar-refractivity contribution in [1.82, 2.24) is 19.7 Å². The van der Waals surface area contributed by atoms with Gasteiger partial charge in [-0.1, -0.05) is 0 Å². The van der Waals surface area contributed by atoms with Crippen LogP contribution in [0.1, 0.15) is 19.0 Å². The molecule has 104 valence electrons. The summed E-state index contributed by atoms with van der Waals surface area (Å²) in [6.07, 6.45) is 6.10. The Morgan fingerprint density at radius 1 is 1.47 bits per heavy atom. The average Bonchev–Trinajstić information content (AvgIpc) is 2.80. The number of nitrogens with one attached hydrogen (secondary N) is 1. The summed E-state index contributed by atoms with van der Waals surface area (Å²) in [5.41, 5.74) is 0.777. The Labute approximate surface area is 112 Å². The monoisotopic (exact) mass is 264 g/mol. The number of aliphatic hydroxyl groups excluding tert-OH is 1. The van der Waals surface area contributed by atoms with Crippen LogP contribution >= 0.6 is 0 Å². The molecular formula is C13H20N4O2. The van der Waals surface area contributed by atoms with E-state index in [1.165, 1.54) is 0 Å². The number of nitrogens with zero attached hydrogens (tertiary/aromatic N) is 3. The van der Waals surface area contributed by atoms with E-state index in [0.29, 0.717) is 25.4 Å². The lowest BCUT2D eigenvalue weighted by molar-refractivity contribution is 0.0967. The number of hydrogen-bond acceptors (Lipinski definition) is 5. The van der Waals surface area contributed by atoms with Crippen molar-refractivity contribution < 1.29 is 9.84 Å². The van der Waals surface area contributed by atoms with Gasteiger partial charge in [-0.2, -0.15) is 0 Å². The fourth-order valence-electron chi connectivity index (χ4n) is 2.09. The molecule has 19 heavy (non-hydrogen) atoms. The smallest absolute Gasteiger partial charge is 0.233 e. The van der Waals surface area contributed by atoms with E-state index < -0.39 is 0 Å². The van der Waals surface area contributed by atoms with Gasteiger partial charge in [-0.15, -0.1) is 0 Å². The summed E-state index contributed by atoms with van der Waals surface area (Å²) in [4.78, 5) is 8.42. The zero-order valence-electron chi connectivity index (χ0n) is 11.3. The lowest BCUT2D eigenvalue weighted by Crippen LogP contribution is -2.46. The van der Waals surface area contributed by atoms with Gasteiger partial charge < -0.3 is 15.2 Å². The minimum atomic E-state index is -0.254. The second kappa shape index (κ2) is 6.10. The van der Waals surface area contributed by atoms with Gasteiger partial charge in [0.25, 0.3) is 0 Å². The Hall–Kier alpha value is -1.50. The maximum absolute atomic E-state index is 9.13. The zero-order valence-corrected chi connectivity index (χ0v) is 11.3. The Morgan fingerprint density at radius 2 is 2.32 bits per heavy atom. The quantitative estimate of drug-likeness (QED) is 0.766. The molecule has 6 nitrogen and oxygen atoms in total. The van der Waals surface area contributed by atoms with Crippen LogP contribution in [0.3, 0.4) is 0 Å². The minimum absolute atomic E-state index is 0.127. The highest BCUT2D eigenvalue weighted by molar-refractivity contribution is 5.30. The number of fused-ring (bicyclic) bond motifs is 1. The van der Waals surface area contributed by atoms with Crippen LogP contribution in [0.25, 0.3) is 5.78 Å². The normalized spacial score (nSPS) is 14.7. The molecule has 2 rings (SSSR count). The number of ether oxygens (including phenoxy) is 1. The second-order valence-corrected chi connectivity index (χ2v) is 4.86. The highest BCUT2D eigenvalue weighted by Crippen LogP contribution is 2.12. The van der Waals surface area contributed by atoms with Crippen LogP contribution in [-0.4, -0.2) is 45.3 Å². The molecule has 0 fully saturated rings. The lowest BCUT2D eigenvalue weighted by atomic mass is 9.99. The van der Waals surface area contributed by atoms with E-state index in [9.17, 15) is 0 Å². The fraction of sp³-hybridized carbons (Fsp3) is 0.538. The van der Waals surface area contributed by atoms with Crippen LogP contribution in [0.2, 0.25) is 0 Å². The van der Waals surface area contributed by atoms with Gasteiger partial charge in [0.2, 0.25) is 5.78 Å². The summed E-state index contributed by atoms with van der Waals surface area (Å²) in [6, 6.07) is 1.88. The Kier molecular flexibility index (Phi) is 4.47. The molecule has 0 radical (unpaired) electrons. The van der Waals surface area contributed by atoms with Crippen LogP contribution in [0.15, 0.2) is 24.7 Å². The molecule has 2 heterocycles. The number of imidazole rings is 1. The molecule has 2 aromatic rings. The highest BCUT2D eigenvalue weighted by Gasteiger charge is 2.23. The molecule has 0 aromatic carbocycles. The molecule has 0 saturated carbocycles. The summed E-state index contributed by atoms with van der Waals surface area (Å²) in [5, 5.41) is 12.6. The van der Waals surface area contributed by atoms with Crippen molar-refractivity contribution in [3.05, 3.63) is 30.4 Å². The molecular weight excluding hydrogens is 244 g/mol. The van der Waals surface area contributed by atoms with E-state index in [4.69, 9.17) is 9.84 Å². The van der Waals surface area contributed by atoms with Crippen molar-refractivity contribution in [3.8, 4) is 0 Å². The molecule has 0 aliphatic rings. The van der Waals surface area contributed by atoms with Gasteiger partial charge >= 0.3 is 0 Å². The van der Waals surface area contributed by atoms with Gasteiger partial charge in [0.1, 0.15) is 0 Å². The molecule has 1 atom stereocenters. The molecule has 0 amide bonds. The summed E-state index contributed by atoms with van der Waals surface area (Å²) in [6.45, 7) is 3.35. The third kappa shape index (κ3) is 3.28. The van der Waals surface area contributed by atoms with E-state index in [1.807, 2.05) is 29.8 Å². The van der Waals surface area contributed by atoms with Crippen molar-refractivity contribution in [2.24, 2.45) is 0 Å². The lowest BCUT2D eigenvalue weighted by Gasteiger charge is -2.29. The van der Waals surface area contributed by atoms with Crippen molar-refractivity contribution in [2.45, 2.75) is 25.4 Å². The first-order valence-electron chi connectivity index (χ1n) is 6.30. The number of hydrogen-bond donors (Lipinski definition) is 2. The van der Waals surface area contributed by atoms with Crippen molar-refractivity contribution in [1.29, 1.82) is 0 Å². The van der Waals surface area contributed by atoms with Crippen molar-refractivity contribution >= 4 is 5.78 Å². The number of methoxy groups -OCH3 is 1. The van der Waals surface area contributed by atoms with Crippen molar-refractivity contribution in [2.75, 3.05) is 20.3 Å². The van der Waals surface area contributed by atoms with E-state index in [-0.39, 0.29) is 12.1 Å². The van der Waals surface area contributed by atoms with Crippen LogP contribution in [0.5, 0.6) is 0 Å². The Balaban J connectivity index is 2.08. The van der Waals surface area contributed by atoms with Crippen molar-refractivity contribution in [3.63, 3.8) is 0 Å². The molecule has 0 spiro atoms. The van der Waals surface area contributed by atoms with Gasteiger partial charge in [-0.3, -0.25) is 4.40 Å². The van der Waals surface area contributed by atoms with E-state index >= 15 is 0 Å². The maximum Gasteiger partial charge on any atom is 0.233 e. The molecule has 1 unspecified atom stereocenters. The van der Waals surface area contributed by atoms with E-state index in [1.54, 1.807) is 13.3 Å². The third-order valence-electron chi connectivity index (χ3n) is 3.19. The minimum Gasteiger partial charge on any atom is -0.396 e. The Bertz CT molecular complexity index is 520. The van der Waals surface area contributed by atoms with Crippen LogP contribution < -0.4 is 5.32 Å². The third-order valence-corrected chi connectivity index (χ3v) is 3.19. The predicted octanol–water partition coefficient (Wildman–Crippen LogP) is 0.606. The number of aromatic nitrogens is 3. The topological polar surface area (TPSA) is 71.7 Å². The maximum atomic E-state index is 9.13. The first kappa shape index (κ1) is 13.9. The van der Waals surface area contributed by atoms with Gasteiger partial charge in [0, 0.05) is 38.2 Å². The van der Waals surface area contributed by atoms with E-state index in [0.717, 1.165) is 5.69 Å². The second-order valence-electron chi connectivity index (χ2n) is 4.86. The molecule has 2 N–H and O–H groups in total. The zero-order chi connectivity index (χ0) is 13.7. The SMILES string of the molecule is COCC(C)(CCO)NCc1cnc2ncccn12. The highest BCUT2D eigenvalue weighted by atomic mass is 16.5. The van der Waals surface area contributed by atoms with Gasteiger partial charge in [0.05, 0.1) is 18.5 Å². The average molecular weight is 264 g/mol. The molecule has 0 bridgehead atoms. The van der Waals surface area contributed by atoms with Gasteiger partial charge in [0.15, 0.2) is 0 Å². The summed E-state index contributed by atoms with van der Waals surface area (Å²) < 4.78 is 7.15. The van der Waals surface area contributed by atoms with Gasteiger partial charge in [-0.25, -0.2) is 9.97 Å². The largest absolute Gasteiger partial charge is 0.396 e. The molecule has 0 aliphatic heterocycles. The first-order chi connectivity index (χ1) is 9.18. The predicted molar refractivity (Wildman–Crippen MR) is 71.8 cm³/mol. The van der Waals surface area contributed by atoms with Crippen LogP contribution in [-0.2, 0) is 11.3 Å². The fourth-order valence-corrected chi connectivity index (χ4v) is 2.09. The molecule has 0 saturated heterocycles. The first-order valence-corrected chi connectivity index (χ1v) is 6.30. The standard InChI is InChI=1S/C13H20N4O2/c1-13(4-7-18,10-19-2)16-9-11-8-15-12-14-5-3-6-17(11)12/h3,5-6,8,16,18H,4,7,9-10H2,1-2H3. The summed E-state index contributed by atoms with van der Waals surface area (Å²) >= 11 is 0. The number of aliphatic hydroxyl groups is 1. The van der Waals surface area contributed by atoms with Crippen LogP contribution in [0.4, 0.5) is 0 Å². The summed E-state index contributed by atoms with van der Waals surface area (Å²) in [5.74, 6) is 0.690. The molecule has 2 aromatic heterocycles. The Morgan fingerprint density at radius 3 is 3.05 bits per heavy atom. The molecule has 6 heteroatoms. The number of rotatable bonds is 7. The molecule has 0 aliphatic carbocycles. The van der Waals surface area contributed by atoms with Gasteiger partial charge in [-0.05, 0) is 19.4 Å².